The van der Waals surface area contributed by atoms with Gasteiger partial charge in [-0.3, -0.25) is 0 Å². The molecule has 1 rings (SSSR count). The molecule has 96 valence electrons. The highest BCUT2D eigenvalue weighted by atomic mass is 35.5. The van der Waals surface area contributed by atoms with Gasteiger partial charge in [-0.15, -0.1) is 23.2 Å². The number of hydrogen-bond donors (Lipinski definition) is 1. The van der Waals surface area contributed by atoms with Crippen molar-refractivity contribution in [1.29, 1.82) is 0 Å². The molecular formula is C14H21Cl2N. The summed E-state index contributed by atoms with van der Waals surface area (Å²) >= 11 is 11.9. The molecule has 0 fully saturated rings. The first kappa shape index (κ1) is 14.8. The maximum Gasteiger partial charge on any atom is 0.0427 e. The first-order valence-electron chi connectivity index (χ1n) is 5.85. The molecule has 0 saturated carbocycles. The lowest BCUT2D eigenvalue weighted by molar-refractivity contribution is 0.434. The third kappa shape index (κ3) is 3.87. The van der Waals surface area contributed by atoms with E-state index in [0.717, 1.165) is 6.54 Å². The molecule has 0 spiro atoms. The van der Waals surface area contributed by atoms with Crippen molar-refractivity contribution in [3.8, 4) is 0 Å². The molecule has 0 heterocycles. The van der Waals surface area contributed by atoms with Crippen LogP contribution in [0.5, 0.6) is 0 Å². The molecule has 0 aliphatic carbocycles. The van der Waals surface area contributed by atoms with Gasteiger partial charge in [0.25, 0.3) is 0 Å². The van der Waals surface area contributed by atoms with Gasteiger partial charge in [0.1, 0.15) is 0 Å². The smallest absolute Gasteiger partial charge is 0.0427 e. The maximum absolute atomic E-state index is 5.93. The molecule has 0 radical (unpaired) electrons. The Morgan fingerprint density at radius 1 is 1.06 bits per heavy atom. The summed E-state index contributed by atoms with van der Waals surface area (Å²) in [5, 5.41) is 3.45. The van der Waals surface area contributed by atoms with Crippen LogP contribution in [0.4, 0.5) is 0 Å². The lowest BCUT2D eigenvalue weighted by Crippen LogP contribution is -2.45. The molecule has 3 heteroatoms. The van der Waals surface area contributed by atoms with E-state index in [1.165, 1.54) is 22.3 Å². The third-order valence-electron chi connectivity index (χ3n) is 3.12. The number of halogens is 2. The topological polar surface area (TPSA) is 12.0 Å². The Morgan fingerprint density at radius 3 is 1.94 bits per heavy atom. The van der Waals surface area contributed by atoms with E-state index in [0.29, 0.717) is 11.8 Å². The summed E-state index contributed by atoms with van der Waals surface area (Å²) < 4.78 is 0. The van der Waals surface area contributed by atoms with Crippen LogP contribution in [0.1, 0.15) is 29.2 Å². The van der Waals surface area contributed by atoms with Gasteiger partial charge in [0.2, 0.25) is 0 Å². The minimum absolute atomic E-state index is 0.202. The first-order chi connectivity index (χ1) is 7.91. The molecule has 0 aliphatic heterocycles. The quantitative estimate of drug-likeness (QED) is 0.802. The summed E-state index contributed by atoms with van der Waals surface area (Å²) in [6.07, 6.45) is 0. The van der Waals surface area contributed by atoms with Crippen LogP contribution in [0.15, 0.2) is 12.1 Å². The van der Waals surface area contributed by atoms with Gasteiger partial charge in [-0.25, -0.2) is 0 Å². The van der Waals surface area contributed by atoms with Crippen molar-refractivity contribution in [1.82, 2.24) is 5.32 Å². The monoisotopic (exact) mass is 273 g/mol. The second-order valence-corrected chi connectivity index (χ2v) is 5.59. The average molecular weight is 274 g/mol. The third-order valence-corrected chi connectivity index (χ3v) is 4.30. The van der Waals surface area contributed by atoms with Gasteiger partial charge >= 0.3 is 0 Å². The lowest BCUT2D eigenvalue weighted by Gasteiger charge is -2.27. The molecular weight excluding hydrogens is 253 g/mol. The largest absolute Gasteiger partial charge is 0.305 e. The molecule has 0 atom stereocenters. The summed E-state index contributed by atoms with van der Waals surface area (Å²) in [4.78, 5) is 0. The predicted octanol–water partition coefficient (Wildman–Crippen LogP) is 3.94. The SMILES string of the molecule is Cc1cc(C)c(CNC(C)(CCl)CCl)c(C)c1. The van der Waals surface area contributed by atoms with Crippen LogP contribution in [0.3, 0.4) is 0 Å². The van der Waals surface area contributed by atoms with E-state index in [4.69, 9.17) is 23.2 Å². The van der Waals surface area contributed by atoms with Crippen LogP contribution in [-0.4, -0.2) is 17.3 Å². The molecule has 1 nitrogen and oxygen atoms in total. The van der Waals surface area contributed by atoms with Crippen LogP contribution in [0, 0.1) is 20.8 Å². The molecule has 1 N–H and O–H groups in total. The normalized spacial score (nSPS) is 11.9. The van der Waals surface area contributed by atoms with Gasteiger partial charge in [0.05, 0.1) is 0 Å². The van der Waals surface area contributed by atoms with E-state index in [2.05, 4.69) is 38.2 Å². The molecule has 0 aliphatic rings. The molecule has 0 unspecified atom stereocenters. The number of benzene rings is 1. The van der Waals surface area contributed by atoms with E-state index in [1.54, 1.807) is 0 Å². The molecule has 0 saturated heterocycles. The Bertz CT molecular complexity index is 361. The Morgan fingerprint density at radius 2 is 1.53 bits per heavy atom. The van der Waals surface area contributed by atoms with E-state index < -0.39 is 0 Å². The van der Waals surface area contributed by atoms with Crippen LogP contribution >= 0.6 is 23.2 Å². The molecule has 17 heavy (non-hydrogen) atoms. The zero-order valence-electron chi connectivity index (χ0n) is 11.0. The van der Waals surface area contributed by atoms with Crippen molar-refractivity contribution in [2.24, 2.45) is 0 Å². The first-order valence-corrected chi connectivity index (χ1v) is 6.92. The molecule has 0 amide bonds. The summed E-state index contributed by atoms with van der Waals surface area (Å²) in [6, 6.07) is 4.42. The summed E-state index contributed by atoms with van der Waals surface area (Å²) in [7, 11) is 0. The van der Waals surface area contributed by atoms with Gasteiger partial charge in [0.15, 0.2) is 0 Å². The average Bonchev–Trinajstić information content (AvgIpc) is 2.27. The Kier molecular flexibility index (Phi) is 5.30. The maximum atomic E-state index is 5.93. The van der Waals surface area contributed by atoms with Gasteiger partial charge in [-0.05, 0) is 44.4 Å². The van der Waals surface area contributed by atoms with E-state index in [9.17, 15) is 0 Å². The fourth-order valence-electron chi connectivity index (χ4n) is 1.92. The molecule has 0 aromatic heterocycles. The Hall–Kier alpha value is -0.240. The zero-order valence-corrected chi connectivity index (χ0v) is 12.5. The van der Waals surface area contributed by atoms with Crippen LogP contribution < -0.4 is 5.32 Å². The van der Waals surface area contributed by atoms with Crippen LogP contribution in [-0.2, 0) is 6.54 Å². The highest BCUT2D eigenvalue weighted by Crippen LogP contribution is 2.18. The Balaban J connectivity index is 2.83. The number of alkyl halides is 2. The van der Waals surface area contributed by atoms with Gasteiger partial charge < -0.3 is 5.32 Å². The van der Waals surface area contributed by atoms with Crippen LogP contribution in [0.25, 0.3) is 0 Å². The highest BCUT2D eigenvalue weighted by Gasteiger charge is 2.21. The van der Waals surface area contributed by atoms with Crippen molar-refractivity contribution in [3.05, 3.63) is 34.4 Å². The zero-order chi connectivity index (χ0) is 13.1. The fraction of sp³-hybridized carbons (Fsp3) is 0.571. The predicted molar refractivity (Wildman–Crippen MR) is 77.3 cm³/mol. The summed E-state index contributed by atoms with van der Waals surface area (Å²) in [5.74, 6) is 1.03. The second-order valence-electron chi connectivity index (χ2n) is 5.06. The molecule has 1 aromatic rings. The second kappa shape index (κ2) is 6.08. The Labute approximate surface area is 115 Å². The number of nitrogens with one attached hydrogen (secondary N) is 1. The van der Waals surface area contributed by atoms with E-state index in [1.807, 2.05) is 6.92 Å². The van der Waals surface area contributed by atoms with Gasteiger partial charge in [-0.1, -0.05) is 17.7 Å². The van der Waals surface area contributed by atoms with Crippen molar-refractivity contribution in [2.45, 2.75) is 39.8 Å². The summed E-state index contributed by atoms with van der Waals surface area (Å²) in [5.41, 5.74) is 5.09. The number of rotatable bonds is 5. The van der Waals surface area contributed by atoms with Crippen molar-refractivity contribution < 1.29 is 0 Å². The molecule has 1 aromatic carbocycles. The minimum atomic E-state index is -0.202. The minimum Gasteiger partial charge on any atom is -0.305 e. The van der Waals surface area contributed by atoms with E-state index >= 15 is 0 Å². The van der Waals surface area contributed by atoms with Gasteiger partial charge in [-0.2, -0.15) is 0 Å². The van der Waals surface area contributed by atoms with Crippen molar-refractivity contribution >= 4 is 23.2 Å². The highest BCUT2D eigenvalue weighted by molar-refractivity contribution is 6.22. The van der Waals surface area contributed by atoms with Crippen LogP contribution in [0.2, 0.25) is 0 Å². The fourth-order valence-corrected chi connectivity index (χ4v) is 2.40. The number of aryl methyl sites for hydroxylation is 3. The molecule has 0 bridgehead atoms. The van der Waals surface area contributed by atoms with E-state index in [-0.39, 0.29) is 5.54 Å². The summed E-state index contributed by atoms with van der Waals surface area (Å²) in [6.45, 7) is 9.28. The van der Waals surface area contributed by atoms with Crippen molar-refractivity contribution in [3.63, 3.8) is 0 Å². The number of hydrogen-bond acceptors (Lipinski definition) is 1. The van der Waals surface area contributed by atoms with Crippen molar-refractivity contribution in [2.75, 3.05) is 11.8 Å². The van der Waals surface area contributed by atoms with Gasteiger partial charge in [0, 0.05) is 23.8 Å². The standard InChI is InChI=1S/C14H21Cl2N/c1-10-5-11(2)13(12(3)6-10)7-17-14(4,8-15)9-16/h5-6,17H,7-9H2,1-4H3. The lowest BCUT2D eigenvalue weighted by atomic mass is 9.98.